The molecule has 6 heteroatoms. The van der Waals surface area contributed by atoms with Gasteiger partial charge in [-0.25, -0.2) is 8.42 Å². The molecule has 0 aliphatic heterocycles. The summed E-state index contributed by atoms with van der Waals surface area (Å²) >= 11 is 0. The first-order valence-electron chi connectivity index (χ1n) is 3.42. The third-order valence-electron chi connectivity index (χ3n) is 1.28. The van der Waals surface area contributed by atoms with Gasteiger partial charge in [-0.2, -0.15) is 0 Å². The molecule has 1 aromatic carbocycles. The van der Waals surface area contributed by atoms with E-state index in [1.54, 1.807) is 0 Å². The molecule has 0 fully saturated rings. The zero-order valence-corrected chi connectivity index (χ0v) is 7.71. The molecule has 70 valence electrons. The Bertz CT molecular complexity index is 396. The Morgan fingerprint density at radius 3 is 2.15 bits per heavy atom. The lowest BCUT2D eigenvalue weighted by atomic mass is 10.3. The minimum Gasteiger partial charge on any atom is -0.284 e. The summed E-state index contributed by atoms with van der Waals surface area (Å²) in [6, 6.07) is 5.80. The molecule has 0 spiro atoms. The Morgan fingerprint density at radius 1 is 1.23 bits per heavy atom. The van der Waals surface area contributed by atoms with Crippen LogP contribution in [-0.2, 0) is 10.0 Å². The van der Waals surface area contributed by atoms with Gasteiger partial charge in [0.05, 0.1) is 6.26 Å². The van der Waals surface area contributed by atoms with Crippen molar-refractivity contribution in [2.45, 2.75) is 0 Å². The summed E-state index contributed by atoms with van der Waals surface area (Å²) in [4.78, 5) is 10.0. The van der Waals surface area contributed by atoms with E-state index in [2.05, 4.69) is 9.90 Å². The van der Waals surface area contributed by atoms with Crippen molar-refractivity contribution in [2.75, 3.05) is 11.0 Å². The molecule has 13 heavy (non-hydrogen) atoms. The number of sulfonamides is 1. The number of benzene rings is 1. The van der Waals surface area contributed by atoms with Crippen molar-refractivity contribution in [1.29, 1.82) is 0 Å². The summed E-state index contributed by atoms with van der Waals surface area (Å²) in [5.74, 6) is 0. The van der Waals surface area contributed by atoms with E-state index in [0.717, 1.165) is 6.26 Å². The molecule has 0 amide bonds. The Labute approximate surface area is 75.8 Å². The first kappa shape index (κ1) is 9.66. The Balaban J connectivity index is 2.87. The number of nitrogens with zero attached hydrogens (tertiary/aromatic N) is 1. The molecule has 0 saturated heterocycles. The van der Waals surface area contributed by atoms with Crippen molar-refractivity contribution in [3.05, 3.63) is 29.2 Å². The SMILES string of the molecule is CS(=O)(=O)Nc1ccc(N=O)cc1. The second-order valence-electron chi connectivity index (χ2n) is 2.51. The van der Waals surface area contributed by atoms with Crippen LogP contribution in [0.1, 0.15) is 0 Å². The molecule has 0 bridgehead atoms. The number of hydrogen-bond donors (Lipinski definition) is 1. The van der Waals surface area contributed by atoms with Gasteiger partial charge >= 0.3 is 0 Å². The third-order valence-corrected chi connectivity index (χ3v) is 1.88. The molecule has 5 nitrogen and oxygen atoms in total. The van der Waals surface area contributed by atoms with Gasteiger partial charge in [0, 0.05) is 5.69 Å². The average Bonchev–Trinajstić information content (AvgIpc) is 2.03. The minimum atomic E-state index is -3.26. The molecule has 0 aromatic heterocycles. The highest BCUT2D eigenvalue weighted by atomic mass is 32.2. The van der Waals surface area contributed by atoms with Crippen LogP contribution < -0.4 is 4.72 Å². The fourth-order valence-corrected chi connectivity index (χ4v) is 1.37. The highest BCUT2D eigenvalue weighted by Crippen LogP contribution is 2.16. The fraction of sp³-hybridized carbons (Fsp3) is 0.143. The monoisotopic (exact) mass is 200 g/mol. The summed E-state index contributed by atoms with van der Waals surface area (Å²) in [6.07, 6.45) is 1.05. The Morgan fingerprint density at radius 2 is 1.77 bits per heavy atom. The molecule has 1 N–H and O–H groups in total. The van der Waals surface area contributed by atoms with E-state index < -0.39 is 10.0 Å². The maximum absolute atomic E-state index is 10.8. The van der Waals surface area contributed by atoms with E-state index in [9.17, 15) is 13.3 Å². The first-order chi connectivity index (χ1) is 6.01. The zero-order valence-electron chi connectivity index (χ0n) is 6.89. The molecule has 0 heterocycles. The van der Waals surface area contributed by atoms with Crippen molar-refractivity contribution in [1.82, 2.24) is 0 Å². The third kappa shape index (κ3) is 3.20. The molecule has 0 radical (unpaired) electrons. The van der Waals surface area contributed by atoms with Crippen LogP contribution in [0.15, 0.2) is 29.4 Å². The standard InChI is InChI=1S/C7H8N2O3S/c1-13(11,12)9-7-4-2-6(8-10)3-5-7/h2-5,9H,1H3. The van der Waals surface area contributed by atoms with Crippen molar-refractivity contribution < 1.29 is 8.42 Å². The van der Waals surface area contributed by atoms with Crippen LogP contribution in [0.5, 0.6) is 0 Å². The highest BCUT2D eigenvalue weighted by Gasteiger charge is 2.00. The van der Waals surface area contributed by atoms with E-state index in [-0.39, 0.29) is 5.69 Å². The van der Waals surface area contributed by atoms with Gasteiger partial charge in [0.2, 0.25) is 10.0 Å². The molecule has 1 rings (SSSR count). The lowest BCUT2D eigenvalue weighted by molar-refractivity contribution is 0.607. The Hall–Kier alpha value is -1.43. The highest BCUT2D eigenvalue weighted by molar-refractivity contribution is 7.92. The molecule has 0 aliphatic rings. The predicted molar refractivity (Wildman–Crippen MR) is 50.4 cm³/mol. The summed E-state index contributed by atoms with van der Waals surface area (Å²) in [5, 5.41) is 2.68. The maximum Gasteiger partial charge on any atom is 0.229 e. The molecule has 0 unspecified atom stereocenters. The van der Waals surface area contributed by atoms with E-state index >= 15 is 0 Å². The number of rotatable bonds is 3. The molecular formula is C7H8N2O3S. The lowest BCUT2D eigenvalue weighted by Gasteiger charge is -2.01. The van der Waals surface area contributed by atoms with Gasteiger partial charge in [0.1, 0.15) is 5.69 Å². The fourth-order valence-electron chi connectivity index (χ4n) is 0.804. The molecular weight excluding hydrogens is 192 g/mol. The van der Waals surface area contributed by atoms with Crippen molar-refractivity contribution in [3.8, 4) is 0 Å². The van der Waals surface area contributed by atoms with E-state index in [0.29, 0.717) is 5.69 Å². The first-order valence-corrected chi connectivity index (χ1v) is 5.31. The van der Waals surface area contributed by atoms with Crippen LogP contribution in [0.25, 0.3) is 0 Å². The summed E-state index contributed by atoms with van der Waals surface area (Å²) in [7, 11) is -3.26. The quantitative estimate of drug-likeness (QED) is 0.750. The van der Waals surface area contributed by atoms with Gasteiger partial charge < -0.3 is 0 Å². The van der Waals surface area contributed by atoms with E-state index in [1.807, 2.05) is 0 Å². The van der Waals surface area contributed by atoms with Gasteiger partial charge in [-0.15, -0.1) is 4.91 Å². The van der Waals surface area contributed by atoms with Crippen LogP contribution in [0, 0.1) is 4.91 Å². The molecule has 0 aliphatic carbocycles. The predicted octanol–water partition coefficient (Wildman–Crippen LogP) is 1.46. The minimum absolute atomic E-state index is 0.263. The summed E-state index contributed by atoms with van der Waals surface area (Å²) in [5.41, 5.74) is 0.675. The number of anilines is 1. The van der Waals surface area contributed by atoms with Crippen LogP contribution in [0.2, 0.25) is 0 Å². The normalized spacial score (nSPS) is 10.8. The topological polar surface area (TPSA) is 75.6 Å². The van der Waals surface area contributed by atoms with Gasteiger partial charge in [0.15, 0.2) is 0 Å². The second-order valence-corrected chi connectivity index (χ2v) is 4.26. The zero-order chi connectivity index (χ0) is 9.90. The summed E-state index contributed by atoms with van der Waals surface area (Å²) in [6.45, 7) is 0. The number of nitroso groups, excluding NO2 is 1. The van der Waals surface area contributed by atoms with Crippen LogP contribution in [0.3, 0.4) is 0 Å². The van der Waals surface area contributed by atoms with E-state index in [4.69, 9.17) is 0 Å². The van der Waals surface area contributed by atoms with Gasteiger partial charge in [-0.3, -0.25) is 4.72 Å². The van der Waals surface area contributed by atoms with Gasteiger partial charge in [-0.05, 0) is 29.4 Å². The molecule has 0 atom stereocenters. The van der Waals surface area contributed by atoms with E-state index in [1.165, 1.54) is 24.3 Å². The van der Waals surface area contributed by atoms with Crippen LogP contribution >= 0.6 is 0 Å². The average molecular weight is 200 g/mol. The molecule has 1 aromatic rings. The largest absolute Gasteiger partial charge is 0.284 e. The second kappa shape index (κ2) is 3.53. The number of hydrogen-bond acceptors (Lipinski definition) is 4. The molecule has 0 saturated carbocycles. The van der Waals surface area contributed by atoms with Crippen molar-refractivity contribution >= 4 is 21.4 Å². The smallest absolute Gasteiger partial charge is 0.229 e. The van der Waals surface area contributed by atoms with Crippen molar-refractivity contribution in [2.24, 2.45) is 5.18 Å². The summed E-state index contributed by atoms with van der Waals surface area (Å²) < 4.78 is 23.8. The van der Waals surface area contributed by atoms with Crippen LogP contribution in [-0.4, -0.2) is 14.7 Å². The van der Waals surface area contributed by atoms with Gasteiger partial charge in [-0.1, -0.05) is 0 Å². The van der Waals surface area contributed by atoms with Gasteiger partial charge in [0.25, 0.3) is 0 Å². The maximum atomic E-state index is 10.8. The number of nitrogens with one attached hydrogen (secondary N) is 1. The van der Waals surface area contributed by atoms with Crippen molar-refractivity contribution in [3.63, 3.8) is 0 Å². The Kier molecular flexibility index (Phi) is 2.62. The van der Waals surface area contributed by atoms with Crippen LogP contribution in [0.4, 0.5) is 11.4 Å². The lowest BCUT2D eigenvalue weighted by Crippen LogP contribution is -2.09.